The number of ether oxygens (including phenoxy) is 1. The van der Waals surface area contributed by atoms with Gasteiger partial charge in [0.05, 0.1) is 0 Å². The van der Waals surface area contributed by atoms with Crippen LogP contribution < -0.4 is 10.1 Å². The zero-order valence-electron chi connectivity index (χ0n) is 11.5. The van der Waals surface area contributed by atoms with Crippen LogP contribution in [0.5, 0.6) is 5.75 Å². The Bertz CT molecular complexity index is 322. The second-order valence-corrected chi connectivity index (χ2v) is 4.65. The summed E-state index contributed by atoms with van der Waals surface area (Å²) in [5, 5.41) is 3.34. The molecule has 0 heterocycles. The quantitative estimate of drug-likeness (QED) is 0.780. The van der Waals surface area contributed by atoms with E-state index in [0.29, 0.717) is 5.92 Å². The van der Waals surface area contributed by atoms with Gasteiger partial charge in [0.15, 0.2) is 0 Å². The maximum atomic E-state index is 6.10. The highest BCUT2D eigenvalue weighted by Gasteiger charge is 2.12. The third-order valence-corrected chi connectivity index (χ3v) is 2.91. The van der Waals surface area contributed by atoms with E-state index in [4.69, 9.17) is 4.74 Å². The molecule has 1 aromatic carbocycles. The van der Waals surface area contributed by atoms with Crippen molar-refractivity contribution in [3.8, 4) is 5.75 Å². The minimum absolute atomic E-state index is 0.259. The molecule has 0 saturated heterocycles. The van der Waals surface area contributed by atoms with E-state index in [1.165, 1.54) is 5.56 Å². The van der Waals surface area contributed by atoms with Gasteiger partial charge in [0.25, 0.3) is 0 Å². The van der Waals surface area contributed by atoms with Crippen molar-refractivity contribution in [2.75, 3.05) is 13.1 Å². The van der Waals surface area contributed by atoms with Crippen molar-refractivity contribution in [1.82, 2.24) is 5.32 Å². The Morgan fingerprint density at radius 1 is 1.18 bits per heavy atom. The van der Waals surface area contributed by atoms with Gasteiger partial charge in [-0.25, -0.2) is 0 Å². The molecule has 1 unspecified atom stereocenters. The molecular weight excluding hydrogens is 210 g/mol. The lowest BCUT2D eigenvalue weighted by Crippen LogP contribution is -2.31. The van der Waals surface area contributed by atoms with Gasteiger partial charge in [-0.15, -0.1) is 0 Å². The van der Waals surface area contributed by atoms with E-state index >= 15 is 0 Å². The van der Waals surface area contributed by atoms with Gasteiger partial charge in [-0.3, -0.25) is 0 Å². The van der Waals surface area contributed by atoms with Crippen LogP contribution >= 0.6 is 0 Å². The third kappa shape index (κ3) is 4.39. The first-order valence-corrected chi connectivity index (χ1v) is 6.65. The van der Waals surface area contributed by atoms with E-state index in [1.807, 2.05) is 6.07 Å². The summed E-state index contributed by atoms with van der Waals surface area (Å²) < 4.78 is 6.10. The van der Waals surface area contributed by atoms with Crippen molar-refractivity contribution in [2.45, 2.75) is 46.1 Å². The summed E-state index contributed by atoms with van der Waals surface area (Å²) in [5.74, 6) is 1.54. The molecule has 0 spiro atoms. The van der Waals surface area contributed by atoms with Gasteiger partial charge in [-0.1, -0.05) is 45.9 Å². The van der Waals surface area contributed by atoms with Crippen LogP contribution in [0.25, 0.3) is 0 Å². The number of para-hydroxylation sites is 1. The Labute approximate surface area is 105 Å². The Morgan fingerprint density at radius 2 is 1.88 bits per heavy atom. The van der Waals surface area contributed by atoms with E-state index in [9.17, 15) is 0 Å². The maximum absolute atomic E-state index is 6.10. The van der Waals surface area contributed by atoms with Gasteiger partial charge >= 0.3 is 0 Å². The molecule has 1 rings (SSSR count). The number of rotatable bonds is 7. The van der Waals surface area contributed by atoms with Crippen LogP contribution in [0.4, 0.5) is 0 Å². The molecule has 2 nitrogen and oxygen atoms in total. The summed E-state index contributed by atoms with van der Waals surface area (Å²) >= 11 is 0. The van der Waals surface area contributed by atoms with E-state index in [2.05, 4.69) is 51.2 Å². The lowest BCUT2D eigenvalue weighted by atomic mass is 10.0. The smallest absolute Gasteiger partial charge is 0.123 e. The van der Waals surface area contributed by atoms with Gasteiger partial charge in [0.2, 0.25) is 0 Å². The van der Waals surface area contributed by atoms with Crippen LogP contribution in [-0.2, 0) is 0 Å². The summed E-state index contributed by atoms with van der Waals surface area (Å²) in [4.78, 5) is 0. The van der Waals surface area contributed by atoms with Crippen LogP contribution in [0.15, 0.2) is 24.3 Å². The number of hydrogen-bond donors (Lipinski definition) is 1. The van der Waals surface area contributed by atoms with Crippen LogP contribution in [-0.4, -0.2) is 19.2 Å². The van der Waals surface area contributed by atoms with Crippen LogP contribution in [0.3, 0.4) is 0 Å². The van der Waals surface area contributed by atoms with Crippen molar-refractivity contribution in [3.63, 3.8) is 0 Å². The van der Waals surface area contributed by atoms with Gasteiger partial charge in [-0.05, 0) is 30.5 Å². The van der Waals surface area contributed by atoms with Crippen LogP contribution in [0.2, 0.25) is 0 Å². The second kappa shape index (κ2) is 7.33. The highest BCUT2D eigenvalue weighted by molar-refractivity contribution is 5.35. The summed E-state index contributed by atoms with van der Waals surface area (Å²) in [6, 6.07) is 8.35. The summed E-state index contributed by atoms with van der Waals surface area (Å²) in [7, 11) is 0. The number of benzene rings is 1. The molecule has 0 fully saturated rings. The van der Waals surface area contributed by atoms with Crippen LogP contribution in [0, 0.1) is 0 Å². The van der Waals surface area contributed by atoms with Crippen molar-refractivity contribution >= 4 is 0 Å². The molecule has 96 valence electrons. The van der Waals surface area contributed by atoms with Gasteiger partial charge in [-0.2, -0.15) is 0 Å². The van der Waals surface area contributed by atoms with Gasteiger partial charge in [0.1, 0.15) is 11.9 Å². The molecule has 0 saturated carbocycles. The lowest BCUT2D eigenvalue weighted by Gasteiger charge is -2.21. The molecule has 2 heteroatoms. The standard InChI is InChI=1S/C15H25NO/c1-5-13(11-16-6-2)17-15-10-8-7-9-14(15)12(3)4/h7-10,12-13,16H,5-6,11H2,1-4H3. The van der Waals surface area contributed by atoms with Gasteiger partial charge < -0.3 is 10.1 Å². The summed E-state index contributed by atoms with van der Waals surface area (Å²) in [6.07, 6.45) is 1.29. The van der Waals surface area contributed by atoms with E-state index in [0.717, 1.165) is 25.3 Å². The number of likely N-dealkylation sites (N-methyl/N-ethyl adjacent to an activating group) is 1. The average Bonchev–Trinajstić information content (AvgIpc) is 2.34. The zero-order chi connectivity index (χ0) is 12.7. The number of hydrogen-bond acceptors (Lipinski definition) is 2. The molecule has 0 aromatic heterocycles. The summed E-state index contributed by atoms with van der Waals surface area (Å²) in [6.45, 7) is 10.6. The summed E-state index contributed by atoms with van der Waals surface area (Å²) in [5.41, 5.74) is 1.29. The topological polar surface area (TPSA) is 21.3 Å². The number of nitrogens with one attached hydrogen (secondary N) is 1. The second-order valence-electron chi connectivity index (χ2n) is 4.65. The predicted molar refractivity (Wildman–Crippen MR) is 73.8 cm³/mol. The van der Waals surface area contributed by atoms with E-state index < -0.39 is 0 Å². The molecule has 0 aliphatic rings. The first kappa shape index (κ1) is 14.0. The maximum Gasteiger partial charge on any atom is 0.123 e. The van der Waals surface area contributed by atoms with Crippen molar-refractivity contribution in [1.29, 1.82) is 0 Å². The fourth-order valence-corrected chi connectivity index (χ4v) is 1.82. The molecule has 0 bridgehead atoms. The van der Waals surface area contributed by atoms with Crippen LogP contribution in [0.1, 0.15) is 45.6 Å². The molecule has 17 heavy (non-hydrogen) atoms. The SMILES string of the molecule is CCNCC(CC)Oc1ccccc1C(C)C. The fourth-order valence-electron chi connectivity index (χ4n) is 1.82. The van der Waals surface area contributed by atoms with Crippen molar-refractivity contribution in [3.05, 3.63) is 29.8 Å². The Hall–Kier alpha value is -1.02. The first-order chi connectivity index (χ1) is 8.19. The molecule has 0 aliphatic carbocycles. The molecule has 0 radical (unpaired) electrons. The molecule has 0 aliphatic heterocycles. The monoisotopic (exact) mass is 235 g/mol. The lowest BCUT2D eigenvalue weighted by molar-refractivity contribution is 0.192. The molecule has 1 atom stereocenters. The Morgan fingerprint density at radius 3 is 2.47 bits per heavy atom. The normalized spacial score (nSPS) is 12.8. The van der Waals surface area contributed by atoms with Gasteiger partial charge in [0, 0.05) is 6.54 Å². The molecular formula is C15H25NO. The molecule has 0 amide bonds. The van der Waals surface area contributed by atoms with Crippen molar-refractivity contribution in [2.24, 2.45) is 0 Å². The minimum atomic E-state index is 0.259. The predicted octanol–water partition coefficient (Wildman–Crippen LogP) is 3.58. The van der Waals surface area contributed by atoms with E-state index in [-0.39, 0.29) is 6.10 Å². The third-order valence-electron chi connectivity index (χ3n) is 2.91. The van der Waals surface area contributed by atoms with Crippen molar-refractivity contribution < 1.29 is 4.74 Å². The highest BCUT2D eigenvalue weighted by Crippen LogP contribution is 2.26. The average molecular weight is 235 g/mol. The molecule has 1 aromatic rings. The Kier molecular flexibility index (Phi) is 6.06. The highest BCUT2D eigenvalue weighted by atomic mass is 16.5. The zero-order valence-corrected chi connectivity index (χ0v) is 11.5. The largest absolute Gasteiger partial charge is 0.489 e. The Balaban J connectivity index is 2.71. The first-order valence-electron chi connectivity index (χ1n) is 6.65. The van der Waals surface area contributed by atoms with E-state index in [1.54, 1.807) is 0 Å². The molecule has 1 N–H and O–H groups in total. The fraction of sp³-hybridized carbons (Fsp3) is 0.600. The minimum Gasteiger partial charge on any atom is -0.489 e.